The van der Waals surface area contributed by atoms with Crippen LogP contribution < -0.4 is 9.64 Å². The number of carbonyl (C=O) groups excluding carboxylic acids is 2. The van der Waals surface area contributed by atoms with E-state index >= 15 is 0 Å². The van der Waals surface area contributed by atoms with E-state index in [1.165, 1.54) is 0 Å². The largest absolute Gasteiger partial charge is 0.457 e. The summed E-state index contributed by atoms with van der Waals surface area (Å²) >= 11 is 0. The van der Waals surface area contributed by atoms with Gasteiger partial charge in [0, 0.05) is 48.7 Å². The Balaban J connectivity index is 1.18. The molecular formula is C29H28N2O4. The van der Waals surface area contributed by atoms with Gasteiger partial charge in [0.1, 0.15) is 17.1 Å². The highest BCUT2D eigenvalue weighted by molar-refractivity contribution is 5.90. The van der Waals surface area contributed by atoms with Crippen molar-refractivity contribution in [2.75, 3.05) is 24.5 Å². The number of benzene rings is 3. The smallest absolute Gasteiger partial charge is 0.415 e. The SMILES string of the molecule is O=C(CC1c2ccccc2Oc2ccccc21)N1CCCC2(CC1)CN(c1ccccc1)C(=O)O2. The number of fused-ring (bicyclic) bond motifs is 2. The van der Waals surface area contributed by atoms with Crippen molar-refractivity contribution >= 4 is 17.7 Å². The molecule has 2 saturated heterocycles. The number of likely N-dealkylation sites (tertiary alicyclic amines) is 1. The Morgan fingerprint density at radius 3 is 2.23 bits per heavy atom. The van der Waals surface area contributed by atoms with Gasteiger partial charge in [0.15, 0.2) is 0 Å². The number of hydrogen-bond donors (Lipinski definition) is 0. The summed E-state index contributed by atoms with van der Waals surface area (Å²) in [7, 11) is 0. The van der Waals surface area contributed by atoms with Crippen LogP contribution in [0.2, 0.25) is 0 Å². The molecule has 0 bridgehead atoms. The van der Waals surface area contributed by atoms with Crippen molar-refractivity contribution in [2.45, 2.75) is 37.2 Å². The number of anilines is 1. The van der Waals surface area contributed by atoms with E-state index in [-0.39, 0.29) is 17.9 Å². The second kappa shape index (κ2) is 8.77. The average Bonchev–Trinajstić information content (AvgIpc) is 3.07. The van der Waals surface area contributed by atoms with Crippen molar-refractivity contribution in [3.63, 3.8) is 0 Å². The predicted molar refractivity (Wildman–Crippen MR) is 133 cm³/mol. The highest BCUT2D eigenvalue weighted by Crippen LogP contribution is 2.45. The lowest BCUT2D eigenvalue weighted by atomic mass is 9.85. The normalized spacial score (nSPS) is 21.7. The molecule has 3 aromatic carbocycles. The fourth-order valence-electron chi connectivity index (χ4n) is 5.64. The van der Waals surface area contributed by atoms with Crippen LogP contribution in [0.3, 0.4) is 0 Å². The van der Waals surface area contributed by atoms with Gasteiger partial charge in [-0.1, -0.05) is 54.6 Å². The minimum Gasteiger partial charge on any atom is -0.457 e. The molecule has 2 fully saturated rings. The molecule has 0 aliphatic carbocycles. The number of rotatable bonds is 3. The van der Waals surface area contributed by atoms with Crippen LogP contribution in [0.1, 0.15) is 42.7 Å². The number of hydrogen-bond acceptors (Lipinski definition) is 4. The Kier molecular flexibility index (Phi) is 5.44. The molecular weight excluding hydrogens is 440 g/mol. The molecule has 3 heterocycles. The first-order valence-electron chi connectivity index (χ1n) is 12.3. The first-order chi connectivity index (χ1) is 17.1. The minimum absolute atomic E-state index is 0.0428. The first kappa shape index (κ1) is 21.7. The first-order valence-corrected chi connectivity index (χ1v) is 12.3. The van der Waals surface area contributed by atoms with Gasteiger partial charge in [-0.3, -0.25) is 9.69 Å². The van der Waals surface area contributed by atoms with Crippen LogP contribution in [0, 0.1) is 0 Å². The highest BCUT2D eigenvalue weighted by atomic mass is 16.6. The lowest BCUT2D eigenvalue weighted by molar-refractivity contribution is -0.131. The van der Waals surface area contributed by atoms with E-state index in [9.17, 15) is 9.59 Å². The molecule has 1 spiro atoms. The zero-order valence-corrected chi connectivity index (χ0v) is 19.6. The minimum atomic E-state index is -0.542. The second-order valence-electron chi connectivity index (χ2n) is 9.64. The van der Waals surface area contributed by atoms with Gasteiger partial charge in [0.2, 0.25) is 5.91 Å². The number of ether oxygens (including phenoxy) is 2. The van der Waals surface area contributed by atoms with Crippen molar-refractivity contribution in [1.82, 2.24) is 4.90 Å². The number of para-hydroxylation sites is 3. The molecule has 178 valence electrons. The second-order valence-corrected chi connectivity index (χ2v) is 9.64. The van der Waals surface area contributed by atoms with Crippen LogP contribution in [0.5, 0.6) is 11.5 Å². The van der Waals surface area contributed by atoms with Gasteiger partial charge in [0.05, 0.1) is 6.54 Å². The summed E-state index contributed by atoms with van der Waals surface area (Å²) in [4.78, 5) is 29.9. The van der Waals surface area contributed by atoms with Crippen LogP contribution in [0.25, 0.3) is 0 Å². The summed E-state index contributed by atoms with van der Waals surface area (Å²) < 4.78 is 12.0. The molecule has 6 heteroatoms. The van der Waals surface area contributed by atoms with E-state index in [0.29, 0.717) is 32.5 Å². The van der Waals surface area contributed by atoms with Crippen molar-refractivity contribution in [1.29, 1.82) is 0 Å². The van der Waals surface area contributed by atoms with Crippen LogP contribution in [0.4, 0.5) is 10.5 Å². The third-order valence-corrected chi connectivity index (χ3v) is 7.48. The van der Waals surface area contributed by atoms with Crippen molar-refractivity contribution < 1.29 is 19.1 Å². The van der Waals surface area contributed by atoms with Gasteiger partial charge in [-0.25, -0.2) is 4.79 Å². The molecule has 0 radical (unpaired) electrons. The summed E-state index contributed by atoms with van der Waals surface area (Å²) in [5, 5.41) is 0. The zero-order valence-electron chi connectivity index (χ0n) is 19.6. The van der Waals surface area contributed by atoms with E-state index < -0.39 is 5.60 Å². The zero-order chi connectivity index (χ0) is 23.8. The summed E-state index contributed by atoms with van der Waals surface area (Å²) in [6, 6.07) is 25.6. The highest BCUT2D eigenvalue weighted by Gasteiger charge is 2.46. The third kappa shape index (κ3) is 4.03. The summed E-state index contributed by atoms with van der Waals surface area (Å²) in [5.74, 6) is 1.72. The maximum Gasteiger partial charge on any atom is 0.415 e. The number of carbonyl (C=O) groups is 2. The van der Waals surface area contributed by atoms with Gasteiger partial charge in [-0.05, 0) is 37.1 Å². The van der Waals surface area contributed by atoms with Crippen molar-refractivity contribution in [3.8, 4) is 11.5 Å². The number of amides is 2. The molecule has 3 aliphatic rings. The molecule has 1 atom stereocenters. The van der Waals surface area contributed by atoms with E-state index in [4.69, 9.17) is 9.47 Å². The third-order valence-electron chi connectivity index (χ3n) is 7.48. The molecule has 3 aromatic rings. The molecule has 35 heavy (non-hydrogen) atoms. The molecule has 1 unspecified atom stereocenters. The van der Waals surface area contributed by atoms with E-state index in [0.717, 1.165) is 41.2 Å². The Hall–Kier alpha value is -3.80. The lowest BCUT2D eigenvalue weighted by Gasteiger charge is -2.30. The standard InChI is InChI=1S/C29H28N2O4/c32-27(19-24-22-11-4-6-13-25(22)34-26-14-7-5-12-23(24)26)30-17-8-15-29(16-18-30)20-31(28(33)35-29)21-9-2-1-3-10-21/h1-7,9-14,24H,8,15-20H2. The van der Waals surface area contributed by atoms with E-state index in [1.807, 2.05) is 71.6 Å². The van der Waals surface area contributed by atoms with Gasteiger partial charge in [0.25, 0.3) is 0 Å². The fourth-order valence-corrected chi connectivity index (χ4v) is 5.64. The van der Waals surface area contributed by atoms with Gasteiger partial charge in [-0.2, -0.15) is 0 Å². The van der Waals surface area contributed by atoms with Crippen molar-refractivity contribution in [2.24, 2.45) is 0 Å². The average molecular weight is 469 g/mol. The molecule has 0 aromatic heterocycles. The lowest BCUT2D eigenvalue weighted by Crippen LogP contribution is -2.37. The van der Waals surface area contributed by atoms with Gasteiger partial charge in [-0.15, -0.1) is 0 Å². The molecule has 2 amide bonds. The topological polar surface area (TPSA) is 59.1 Å². The number of nitrogens with zero attached hydrogens (tertiary/aromatic N) is 2. The Morgan fingerprint density at radius 2 is 1.51 bits per heavy atom. The molecule has 0 N–H and O–H groups in total. The fraction of sp³-hybridized carbons (Fsp3) is 0.310. The van der Waals surface area contributed by atoms with Gasteiger partial charge >= 0.3 is 6.09 Å². The van der Waals surface area contributed by atoms with Crippen LogP contribution in [0.15, 0.2) is 78.9 Å². The molecule has 6 rings (SSSR count). The summed E-state index contributed by atoms with van der Waals surface area (Å²) in [6.45, 7) is 1.79. The maximum absolute atomic E-state index is 13.6. The molecule has 6 nitrogen and oxygen atoms in total. The molecule has 3 aliphatic heterocycles. The van der Waals surface area contributed by atoms with Crippen LogP contribution >= 0.6 is 0 Å². The van der Waals surface area contributed by atoms with Crippen LogP contribution in [-0.4, -0.2) is 42.1 Å². The van der Waals surface area contributed by atoms with Crippen molar-refractivity contribution in [3.05, 3.63) is 90.0 Å². The van der Waals surface area contributed by atoms with Gasteiger partial charge < -0.3 is 14.4 Å². The molecule has 0 saturated carbocycles. The maximum atomic E-state index is 13.6. The monoisotopic (exact) mass is 468 g/mol. The van der Waals surface area contributed by atoms with E-state index in [1.54, 1.807) is 4.90 Å². The predicted octanol–water partition coefficient (Wildman–Crippen LogP) is 5.72. The van der Waals surface area contributed by atoms with Crippen LogP contribution in [-0.2, 0) is 9.53 Å². The van der Waals surface area contributed by atoms with E-state index in [2.05, 4.69) is 12.1 Å². The Morgan fingerprint density at radius 1 is 0.857 bits per heavy atom. The quantitative estimate of drug-likeness (QED) is 0.493. The Bertz CT molecular complexity index is 1210. The summed E-state index contributed by atoms with van der Waals surface area (Å²) in [5.41, 5.74) is 2.41. The Labute approximate surface area is 205 Å². The summed E-state index contributed by atoms with van der Waals surface area (Å²) in [6.07, 6.45) is 2.30.